The number of anilines is 1. The lowest BCUT2D eigenvalue weighted by Gasteiger charge is -2.11. The van der Waals surface area contributed by atoms with Crippen molar-refractivity contribution < 1.29 is 4.74 Å². The molecule has 5 nitrogen and oxygen atoms in total. The van der Waals surface area contributed by atoms with E-state index in [0.29, 0.717) is 12.0 Å². The average Bonchev–Trinajstić information content (AvgIpc) is 3.12. The number of nitrogens with zero attached hydrogens (tertiary/aromatic N) is 1. The van der Waals surface area contributed by atoms with E-state index in [2.05, 4.69) is 15.7 Å². The molecular formula is C12H18N4O. The first-order valence-corrected chi connectivity index (χ1v) is 5.69. The number of ether oxygens (including phenoxy) is 1. The summed E-state index contributed by atoms with van der Waals surface area (Å²) in [6.45, 7) is 2.00. The van der Waals surface area contributed by atoms with Crippen LogP contribution in [0.4, 0.5) is 5.69 Å². The fourth-order valence-electron chi connectivity index (χ4n) is 1.58. The van der Waals surface area contributed by atoms with Crippen molar-refractivity contribution in [3.8, 4) is 5.75 Å². The van der Waals surface area contributed by atoms with Crippen molar-refractivity contribution in [2.45, 2.75) is 25.8 Å². The van der Waals surface area contributed by atoms with Gasteiger partial charge in [-0.05, 0) is 43.5 Å². The third-order valence-electron chi connectivity index (χ3n) is 2.65. The largest absolute Gasteiger partial charge is 0.496 e. The minimum atomic E-state index is 0.424. The molecule has 0 heterocycles. The van der Waals surface area contributed by atoms with E-state index in [0.717, 1.165) is 29.8 Å². The maximum absolute atomic E-state index is 5.42. The molecule has 0 saturated heterocycles. The highest BCUT2D eigenvalue weighted by molar-refractivity contribution is 5.93. The first-order chi connectivity index (χ1) is 8.22. The maximum Gasteiger partial charge on any atom is 0.210 e. The van der Waals surface area contributed by atoms with E-state index in [4.69, 9.17) is 10.6 Å². The summed E-state index contributed by atoms with van der Waals surface area (Å²) in [7, 11) is 1.66. The summed E-state index contributed by atoms with van der Waals surface area (Å²) in [5.41, 5.74) is 4.59. The molecule has 4 N–H and O–H groups in total. The van der Waals surface area contributed by atoms with Crippen molar-refractivity contribution in [3.05, 3.63) is 23.8 Å². The van der Waals surface area contributed by atoms with E-state index >= 15 is 0 Å². The van der Waals surface area contributed by atoms with E-state index in [1.165, 1.54) is 0 Å². The Balaban J connectivity index is 2.09. The van der Waals surface area contributed by atoms with Crippen LogP contribution in [0.25, 0.3) is 0 Å². The van der Waals surface area contributed by atoms with Crippen LogP contribution in [0.5, 0.6) is 5.75 Å². The lowest BCUT2D eigenvalue weighted by atomic mass is 10.2. The zero-order valence-corrected chi connectivity index (χ0v) is 10.2. The summed E-state index contributed by atoms with van der Waals surface area (Å²) in [4.78, 5) is 4.41. The van der Waals surface area contributed by atoms with Gasteiger partial charge >= 0.3 is 0 Å². The molecule has 0 amide bonds. The van der Waals surface area contributed by atoms with Crippen LogP contribution in [0.15, 0.2) is 23.2 Å². The molecule has 1 aromatic rings. The quantitative estimate of drug-likeness (QED) is 0.320. The molecule has 0 radical (unpaired) electrons. The molecule has 0 aromatic heterocycles. The first-order valence-electron chi connectivity index (χ1n) is 5.69. The van der Waals surface area contributed by atoms with Gasteiger partial charge in [0.05, 0.1) is 13.2 Å². The summed E-state index contributed by atoms with van der Waals surface area (Å²) in [5, 5.41) is 3.15. The molecule has 0 bridgehead atoms. The molecule has 0 unspecified atom stereocenters. The van der Waals surface area contributed by atoms with Gasteiger partial charge in [-0.25, -0.2) is 10.8 Å². The number of benzene rings is 1. The Labute approximate surface area is 101 Å². The van der Waals surface area contributed by atoms with Crippen LogP contribution in [0.2, 0.25) is 0 Å². The number of nitrogens with one attached hydrogen (secondary N) is 2. The smallest absolute Gasteiger partial charge is 0.210 e. The molecule has 1 saturated carbocycles. The number of hydrogen-bond donors (Lipinski definition) is 3. The van der Waals surface area contributed by atoms with Crippen molar-refractivity contribution in [3.63, 3.8) is 0 Å². The summed E-state index contributed by atoms with van der Waals surface area (Å²) in [6.07, 6.45) is 2.29. The van der Waals surface area contributed by atoms with Gasteiger partial charge in [0.25, 0.3) is 0 Å². The number of hydrazine groups is 1. The minimum Gasteiger partial charge on any atom is -0.496 e. The summed E-state index contributed by atoms with van der Waals surface area (Å²) in [6, 6.07) is 6.28. The fraction of sp³-hybridized carbons (Fsp3) is 0.417. The Hall–Kier alpha value is -1.75. The second kappa shape index (κ2) is 5.05. The van der Waals surface area contributed by atoms with Crippen molar-refractivity contribution in [1.82, 2.24) is 5.43 Å². The summed E-state index contributed by atoms with van der Waals surface area (Å²) in [5.74, 6) is 6.90. The van der Waals surface area contributed by atoms with Crippen LogP contribution in [0, 0.1) is 6.92 Å². The SMILES string of the molecule is COc1ccc(NC(=NC2CC2)NN)cc1C. The topological polar surface area (TPSA) is 71.7 Å². The maximum atomic E-state index is 5.42. The Kier molecular flexibility index (Phi) is 3.49. The van der Waals surface area contributed by atoms with Gasteiger partial charge in [-0.3, -0.25) is 5.43 Å². The van der Waals surface area contributed by atoms with Gasteiger partial charge in [0.1, 0.15) is 5.75 Å². The van der Waals surface area contributed by atoms with Gasteiger partial charge in [-0.2, -0.15) is 0 Å². The van der Waals surface area contributed by atoms with Crippen molar-refractivity contribution in [1.29, 1.82) is 0 Å². The van der Waals surface area contributed by atoms with Crippen LogP contribution in [-0.4, -0.2) is 19.1 Å². The average molecular weight is 234 g/mol. The number of nitrogens with two attached hydrogens (primary N) is 1. The summed E-state index contributed by atoms with van der Waals surface area (Å²) >= 11 is 0. The number of methoxy groups -OCH3 is 1. The third-order valence-corrected chi connectivity index (χ3v) is 2.65. The van der Waals surface area contributed by atoms with Gasteiger partial charge < -0.3 is 10.1 Å². The predicted molar refractivity (Wildman–Crippen MR) is 69.1 cm³/mol. The Morgan fingerprint density at radius 3 is 2.76 bits per heavy atom. The van der Waals surface area contributed by atoms with E-state index in [9.17, 15) is 0 Å². The van der Waals surface area contributed by atoms with Crippen LogP contribution >= 0.6 is 0 Å². The van der Waals surface area contributed by atoms with E-state index in [-0.39, 0.29) is 0 Å². The molecule has 1 aliphatic rings. The lowest BCUT2D eigenvalue weighted by molar-refractivity contribution is 0.412. The van der Waals surface area contributed by atoms with Gasteiger partial charge in [-0.1, -0.05) is 0 Å². The normalized spacial score (nSPS) is 15.6. The molecule has 1 fully saturated rings. The first kappa shape index (κ1) is 11.7. The van der Waals surface area contributed by atoms with Crippen LogP contribution in [0.1, 0.15) is 18.4 Å². The van der Waals surface area contributed by atoms with Crippen molar-refractivity contribution in [2.24, 2.45) is 10.8 Å². The highest BCUT2D eigenvalue weighted by Gasteiger charge is 2.21. The Bertz CT molecular complexity index is 427. The molecule has 5 heteroatoms. The molecule has 2 rings (SSSR count). The molecule has 0 aliphatic heterocycles. The lowest BCUT2D eigenvalue weighted by Crippen LogP contribution is -2.36. The molecule has 0 atom stereocenters. The van der Waals surface area contributed by atoms with Gasteiger partial charge in [0.2, 0.25) is 5.96 Å². The number of hydrogen-bond acceptors (Lipinski definition) is 3. The monoisotopic (exact) mass is 234 g/mol. The van der Waals surface area contributed by atoms with E-state index in [1.807, 2.05) is 25.1 Å². The summed E-state index contributed by atoms with van der Waals surface area (Å²) < 4.78 is 5.21. The molecule has 17 heavy (non-hydrogen) atoms. The van der Waals surface area contributed by atoms with Crippen molar-refractivity contribution in [2.75, 3.05) is 12.4 Å². The Morgan fingerprint density at radius 2 is 2.24 bits per heavy atom. The highest BCUT2D eigenvalue weighted by Crippen LogP contribution is 2.24. The van der Waals surface area contributed by atoms with Crippen molar-refractivity contribution >= 4 is 11.6 Å². The predicted octanol–water partition coefficient (Wildman–Crippen LogP) is 1.40. The van der Waals surface area contributed by atoms with Gasteiger partial charge in [-0.15, -0.1) is 0 Å². The second-order valence-corrected chi connectivity index (χ2v) is 4.16. The third kappa shape index (κ3) is 3.10. The van der Waals surface area contributed by atoms with E-state index in [1.54, 1.807) is 7.11 Å². The molecule has 0 spiro atoms. The number of guanidine groups is 1. The molecule has 92 valence electrons. The fourth-order valence-corrected chi connectivity index (χ4v) is 1.58. The zero-order chi connectivity index (χ0) is 12.3. The standard InChI is InChI=1S/C12H18N4O/c1-8-7-10(5-6-11(8)17-2)15-12(16-13)14-9-3-4-9/h5-7,9H,3-4,13H2,1-2H3,(H2,14,15,16). The molecular weight excluding hydrogens is 216 g/mol. The number of aryl methyl sites for hydroxylation is 1. The molecule has 1 aromatic carbocycles. The number of rotatable bonds is 3. The van der Waals surface area contributed by atoms with Crippen LogP contribution in [0.3, 0.4) is 0 Å². The highest BCUT2D eigenvalue weighted by atomic mass is 16.5. The van der Waals surface area contributed by atoms with Crippen LogP contribution < -0.4 is 21.3 Å². The van der Waals surface area contributed by atoms with Gasteiger partial charge in [0.15, 0.2) is 0 Å². The minimum absolute atomic E-state index is 0.424. The zero-order valence-electron chi connectivity index (χ0n) is 10.2. The van der Waals surface area contributed by atoms with Crippen LogP contribution in [-0.2, 0) is 0 Å². The Morgan fingerprint density at radius 1 is 1.47 bits per heavy atom. The second-order valence-electron chi connectivity index (χ2n) is 4.16. The van der Waals surface area contributed by atoms with Gasteiger partial charge in [0, 0.05) is 5.69 Å². The number of aliphatic imine (C=N–C) groups is 1. The molecule has 1 aliphatic carbocycles. The van der Waals surface area contributed by atoms with E-state index < -0.39 is 0 Å².